The van der Waals surface area contributed by atoms with E-state index in [0.29, 0.717) is 21.5 Å². The molecule has 0 saturated heterocycles. The number of pyridine rings is 1. The summed E-state index contributed by atoms with van der Waals surface area (Å²) in [5.41, 5.74) is 6.69. The molecule has 1 heterocycles. The van der Waals surface area contributed by atoms with Gasteiger partial charge in [-0.3, -0.25) is 4.98 Å². The molecule has 0 fully saturated rings. The molecule has 2 N–H and O–H groups in total. The van der Waals surface area contributed by atoms with Gasteiger partial charge in [0, 0.05) is 12.2 Å². The van der Waals surface area contributed by atoms with Crippen LogP contribution in [-0.2, 0) is 4.84 Å². The van der Waals surface area contributed by atoms with Crippen molar-refractivity contribution in [3.8, 4) is 0 Å². The lowest BCUT2D eigenvalue weighted by Crippen LogP contribution is -2.29. The Morgan fingerprint density at radius 1 is 1.60 bits per heavy atom. The Morgan fingerprint density at radius 3 is 2.73 bits per heavy atom. The molecular weight excluding hydrogens is 237 g/mol. The van der Waals surface area contributed by atoms with Crippen LogP contribution in [0.4, 0.5) is 0 Å². The van der Waals surface area contributed by atoms with Crippen molar-refractivity contribution in [3.05, 3.63) is 28.0 Å². The number of rotatable bonds is 3. The molecule has 0 aliphatic heterocycles. The van der Waals surface area contributed by atoms with Crippen LogP contribution in [0.15, 0.2) is 17.4 Å². The molecule has 82 valence electrons. The zero-order chi connectivity index (χ0) is 11.4. The quantitative estimate of drug-likeness (QED) is 0.658. The smallest absolute Gasteiger partial charge is 0.123 e. The van der Waals surface area contributed by atoms with Crippen LogP contribution in [0.5, 0.6) is 0 Å². The molecule has 0 bridgehead atoms. The van der Waals surface area contributed by atoms with Gasteiger partial charge in [-0.1, -0.05) is 28.4 Å². The van der Waals surface area contributed by atoms with Crippen molar-refractivity contribution in [1.82, 2.24) is 4.98 Å². The predicted octanol–water partition coefficient (Wildman–Crippen LogP) is 2.09. The standard InChI is InChI=1S/C9H11Cl2N3O/c1-5(12)8(14-15-2)9-7(11)3-6(10)4-13-9/h3-5H,12H2,1-2H3/b14-8+. The zero-order valence-corrected chi connectivity index (χ0v) is 9.88. The first-order chi connectivity index (χ1) is 7.06. The van der Waals surface area contributed by atoms with Crippen molar-refractivity contribution in [2.75, 3.05) is 7.11 Å². The Bertz CT molecular complexity index is 380. The minimum Gasteiger partial charge on any atom is -0.399 e. The molecule has 0 radical (unpaired) electrons. The van der Waals surface area contributed by atoms with Crippen molar-refractivity contribution in [1.29, 1.82) is 0 Å². The maximum Gasteiger partial charge on any atom is 0.123 e. The van der Waals surface area contributed by atoms with E-state index in [9.17, 15) is 0 Å². The van der Waals surface area contributed by atoms with E-state index in [4.69, 9.17) is 28.9 Å². The van der Waals surface area contributed by atoms with E-state index < -0.39 is 0 Å². The summed E-state index contributed by atoms with van der Waals surface area (Å²) >= 11 is 11.7. The predicted molar refractivity (Wildman–Crippen MR) is 61.5 cm³/mol. The molecule has 1 aromatic heterocycles. The average Bonchev–Trinajstić information content (AvgIpc) is 2.15. The van der Waals surface area contributed by atoms with Crippen LogP contribution in [0, 0.1) is 0 Å². The Morgan fingerprint density at radius 2 is 2.27 bits per heavy atom. The fraction of sp³-hybridized carbons (Fsp3) is 0.333. The number of nitrogens with zero attached hydrogens (tertiary/aromatic N) is 2. The van der Waals surface area contributed by atoms with Crippen LogP contribution in [0.3, 0.4) is 0 Å². The van der Waals surface area contributed by atoms with E-state index in [1.807, 2.05) is 0 Å². The van der Waals surface area contributed by atoms with Crippen LogP contribution < -0.4 is 5.73 Å². The van der Waals surface area contributed by atoms with Crippen LogP contribution in [0.1, 0.15) is 12.6 Å². The zero-order valence-electron chi connectivity index (χ0n) is 8.37. The summed E-state index contributed by atoms with van der Waals surface area (Å²) in [5, 5.41) is 4.65. The molecule has 0 amide bonds. The van der Waals surface area contributed by atoms with E-state index in [-0.39, 0.29) is 6.04 Å². The second kappa shape index (κ2) is 5.30. The maximum atomic E-state index is 5.97. The summed E-state index contributed by atoms with van der Waals surface area (Å²) < 4.78 is 0. The minimum absolute atomic E-state index is 0.323. The third-order valence-corrected chi connectivity index (χ3v) is 2.17. The highest BCUT2D eigenvalue weighted by atomic mass is 35.5. The highest BCUT2D eigenvalue weighted by Gasteiger charge is 2.15. The van der Waals surface area contributed by atoms with Gasteiger partial charge in [0.25, 0.3) is 0 Å². The van der Waals surface area contributed by atoms with Crippen LogP contribution >= 0.6 is 23.2 Å². The molecule has 0 aliphatic carbocycles. The minimum atomic E-state index is -0.323. The molecule has 15 heavy (non-hydrogen) atoms. The second-order valence-electron chi connectivity index (χ2n) is 2.93. The average molecular weight is 248 g/mol. The topological polar surface area (TPSA) is 60.5 Å². The molecule has 4 nitrogen and oxygen atoms in total. The molecule has 1 aromatic rings. The molecule has 6 heteroatoms. The fourth-order valence-electron chi connectivity index (χ4n) is 1.04. The molecule has 1 unspecified atom stereocenters. The third kappa shape index (κ3) is 3.06. The van der Waals surface area contributed by atoms with Crippen molar-refractivity contribution in [2.24, 2.45) is 10.9 Å². The van der Waals surface area contributed by atoms with Crippen LogP contribution in [0.25, 0.3) is 0 Å². The SMILES string of the molecule is CO/N=C(/c1ncc(Cl)cc1Cl)C(C)N. The number of hydrogen-bond donors (Lipinski definition) is 1. The van der Waals surface area contributed by atoms with Crippen molar-refractivity contribution >= 4 is 28.9 Å². The van der Waals surface area contributed by atoms with Gasteiger partial charge < -0.3 is 10.6 Å². The van der Waals surface area contributed by atoms with Gasteiger partial charge in [0.05, 0.1) is 10.0 Å². The first-order valence-corrected chi connectivity index (χ1v) is 5.00. The summed E-state index contributed by atoms with van der Waals surface area (Å²) in [6.07, 6.45) is 1.48. The lowest BCUT2D eigenvalue weighted by molar-refractivity contribution is 0.212. The first-order valence-electron chi connectivity index (χ1n) is 4.24. The van der Waals surface area contributed by atoms with Crippen molar-refractivity contribution < 1.29 is 4.84 Å². The van der Waals surface area contributed by atoms with Crippen LogP contribution in [-0.4, -0.2) is 23.8 Å². The van der Waals surface area contributed by atoms with Gasteiger partial charge in [0.15, 0.2) is 0 Å². The maximum absolute atomic E-state index is 5.97. The number of aromatic nitrogens is 1. The van der Waals surface area contributed by atoms with Gasteiger partial charge in [-0.05, 0) is 13.0 Å². The summed E-state index contributed by atoms with van der Waals surface area (Å²) in [7, 11) is 1.44. The lowest BCUT2D eigenvalue weighted by Gasteiger charge is -2.09. The number of oxime groups is 1. The fourth-order valence-corrected chi connectivity index (χ4v) is 1.52. The van der Waals surface area contributed by atoms with Gasteiger partial charge in [-0.25, -0.2) is 0 Å². The van der Waals surface area contributed by atoms with E-state index in [0.717, 1.165) is 0 Å². The van der Waals surface area contributed by atoms with E-state index in [1.54, 1.807) is 13.0 Å². The largest absolute Gasteiger partial charge is 0.399 e. The molecular formula is C9H11Cl2N3O. The highest BCUT2D eigenvalue weighted by molar-refractivity contribution is 6.36. The van der Waals surface area contributed by atoms with Gasteiger partial charge in [-0.15, -0.1) is 0 Å². The van der Waals surface area contributed by atoms with Crippen molar-refractivity contribution in [2.45, 2.75) is 13.0 Å². The lowest BCUT2D eigenvalue weighted by atomic mass is 10.1. The normalized spacial score (nSPS) is 13.8. The molecule has 1 atom stereocenters. The first kappa shape index (κ1) is 12.2. The van der Waals surface area contributed by atoms with Gasteiger partial charge >= 0.3 is 0 Å². The molecule has 0 spiro atoms. The van der Waals surface area contributed by atoms with E-state index in [2.05, 4.69) is 15.0 Å². The Balaban J connectivity index is 3.18. The Labute approximate surface area is 98.0 Å². The molecule has 0 saturated carbocycles. The second-order valence-corrected chi connectivity index (χ2v) is 3.78. The van der Waals surface area contributed by atoms with Crippen LogP contribution in [0.2, 0.25) is 10.0 Å². The van der Waals surface area contributed by atoms with Gasteiger partial charge in [0.2, 0.25) is 0 Å². The van der Waals surface area contributed by atoms with Gasteiger partial charge in [-0.2, -0.15) is 0 Å². The Hall–Kier alpha value is -0.840. The number of halogens is 2. The summed E-state index contributed by atoms with van der Waals surface area (Å²) in [4.78, 5) is 8.74. The Kier molecular flexibility index (Phi) is 4.32. The number of nitrogens with two attached hydrogens (primary N) is 1. The highest BCUT2D eigenvalue weighted by Crippen LogP contribution is 2.19. The summed E-state index contributed by atoms with van der Waals surface area (Å²) in [5.74, 6) is 0. The van der Waals surface area contributed by atoms with E-state index in [1.165, 1.54) is 13.3 Å². The van der Waals surface area contributed by atoms with E-state index >= 15 is 0 Å². The molecule has 0 aromatic carbocycles. The summed E-state index contributed by atoms with van der Waals surface area (Å²) in [6, 6.07) is 1.26. The third-order valence-electron chi connectivity index (χ3n) is 1.67. The summed E-state index contributed by atoms with van der Waals surface area (Å²) in [6.45, 7) is 1.77. The number of hydrogen-bond acceptors (Lipinski definition) is 4. The molecule has 0 aliphatic rings. The van der Waals surface area contributed by atoms with Gasteiger partial charge in [0.1, 0.15) is 18.5 Å². The monoisotopic (exact) mass is 247 g/mol. The molecule has 1 rings (SSSR count). The van der Waals surface area contributed by atoms with Crippen molar-refractivity contribution in [3.63, 3.8) is 0 Å².